The molecule has 4 rings (SSSR count). The highest BCUT2D eigenvalue weighted by Gasteiger charge is 2.32. The number of rotatable bonds is 12. The molecule has 0 aromatic heterocycles. The van der Waals surface area contributed by atoms with E-state index in [1.165, 1.54) is 6.07 Å². The molecular formula is C30H38N6O4S. The smallest absolute Gasteiger partial charge is 0.245 e. The number of nitrogens with two attached hydrogens (primary N) is 2. The monoisotopic (exact) mass is 578 g/mol. The average molecular weight is 579 g/mol. The van der Waals surface area contributed by atoms with Gasteiger partial charge >= 0.3 is 0 Å². The predicted molar refractivity (Wildman–Crippen MR) is 160 cm³/mol. The maximum absolute atomic E-state index is 13.6. The summed E-state index contributed by atoms with van der Waals surface area (Å²) < 4.78 is 29.3. The van der Waals surface area contributed by atoms with E-state index in [4.69, 9.17) is 16.9 Å². The number of fused-ring (bicyclic) bond motifs is 1. The number of likely N-dealkylation sites (tertiary alicyclic amines) is 1. The van der Waals surface area contributed by atoms with Gasteiger partial charge in [0.05, 0.1) is 4.90 Å². The molecule has 1 fully saturated rings. The van der Waals surface area contributed by atoms with Crippen LogP contribution in [0.4, 0.5) is 0 Å². The van der Waals surface area contributed by atoms with Crippen LogP contribution in [0.1, 0.15) is 43.2 Å². The topological polar surface area (TPSA) is 171 Å². The number of carbonyl (C=O) groups is 2. The summed E-state index contributed by atoms with van der Waals surface area (Å²) in [6.45, 7) is 1.50. The Morgan fingerprint density at radius 2 is 1.61 bits per heavy atom. The molecule has 0 aliphatic carbocycles. The number of amidine groups is 1. The number of piperidine rings is 1. The van der Waals surface area contributed by atoms with Gasteiger partial charge in [-0.25, -0.2) is 8.42 Å². The second-order valence-electron chi connectivity index (χ2n) is 10.4. The molecule has 0 spiro atoms. The number of carbonyl (C=O) groups excluding carboxylic acids is 2. The molecule has 3 aromatic carbocycles. The Balaban J connectivity index is 1.56. The second-order valence-corrected chi connectivity index (χ2v) is 12.1. The lowest BCUT2D eigenvalue weighted by atomic mass is 10.0. The van der Waals surface area contributed by atoms with Gasteiger partial charge in [-0.15, -0.1) is 0 Å². The zero-order chi connectivity index (χ0) is 29.4. The van der Waals surface area contributed by atoms with Crippen molar-refractivity contribution in [3.63, 3.8) is 0 Å². The number of hydrogen-bond acceptors (Lipinski definition) is 6. The van der Waals surface area contributed by atoms with Crippen molar-refractivity contribution in [1.82, 2.24) is 14.9 Å². The van der Waals surface area contributed by atoms with Crippen molar-refractivity contribution in [2.24, 2.45) is 11.5 Å². The fraction of sp³-hybridized carbons (Fsp3) is 0.367. The van der Waals surface area contributed by atoms with E-state index in [2.05, 4.69) is 10.0 Å². The van der Waals surface area contributed by atoms with Gasteiger partial charge in [0, 0.05) is 25.1 Å². The van der Waals surface area contributed by atoms with Crippen LogP contribution in [0.25, 0.3) is 10.8 Å². The van der Waals surface area contributed by atoms with E-state index in [-0.39, 0.29) is 36.0 Å². The molecule has 3 aromatic rings. The van der Waals surface area contributed by atoms with Gasteiger partial charge < -0.3 is 21.7 Å². The third kappa shape index (κ3) is 7.90. The minimum absolute atomic E-state index is 0.0493. The van der Waals surface area contributed by atoms with E-state index in [0.717, 1.165) is 35.6 Å². The predicted octanol–water partition coefficient (Wildman–Crippen LogP) is 2.25. The van der Waals surface area contributed by atoms with Gasteiger partial charge in [0.25, 0.3) is 0 Å². The Morgan fingerprint density at radius 3 is 2.27 bits per heavy atom. The lowest BCUT2D eigenvalue weighted by Crippen LogP contribution is -2.55. The lowest BCUT2D eigenvalue weighted by molar-refractivity contribution is -0.137. The number of nitrogens with zero attached hydrogens (tertiary/aromatic N) is 1. The van der Waals surface area contributed by atoms with Crippen LogP contribution >= 0.6 is 0 Å². The average Bonchev–Trinajstić information content (AvgIpc) is 2.98. The molecule has 41 heavy (non-hydrogen) atoms. The van der Waals surface area contributed by atoms with Crippen molar-refractivity contribution in [3.8, 4) is 0 Å². The molecule has 218 valence electrons. The van der Waals surface area contributed by atoms with Gasteiger partial charge in [0.15, 0.2) is 0 Å². The highest BCUT2D eigenvalue weighted by atomic mass is 32.2. The van der Waals surface area contributed by atoms with Crippen LogP contribution in [0.5, 0.6) is 0 Å². The van der Waals surface area contributed by atoms with Crippen molar-refractivity contribution in [1.29, 1.82) is 5.41 Å². The summed E-state index contributed by atoms with van der Waals surface area (Å²) in [6.07, 6.45) is 3.63. The molecule has 0 unspecified atom stereocenters. The Labute approximate surface area is 241 Å². The quantitative estimate of drug-likeness (QED) is 0.163. The Kier molecular flexibility index (Phi) is 10.1. The van der Waals surface area contributed by atoms with Crippen LogP contribution in [-0.2, 0) is 26.0 Å². The maximum Gasteiger partial charge on any atom is 0.245 e. The molecule has 2 atom stereocenters. The van der Waals surface area contributed by atoms with E-state index in [1.54, 1.807) is 41.3 Å². The molecule has 1 aliphatic rings. The van der Waals surface area contributed by atoms with Crippen molar-refractivity contribution < 1.29 is 18.0 Å². The summed E-state index contributed by atoms with van der Waals surface area (Å²) in [5.41, 5.74) is 12.6. The molecule has 10 nitrogen and oxygen atoms in total. The molecule has 1 saturated heterocycles. The normalized spacial score (nSPS) is 15.3. The van der Waals surface area contributed by atoms with E-state index < -0.39 is 28.0 Å². The zero-order valence-corrected chi connectivity index (χ0v) is 23.8. The third-order valence-electron chi connectivity index (χ3n) is 7.33. The molecule has 1 aliphatic heterocycles. The highest BCUT2D eigenvalue weighted by molar-refractivity contribution is 7.89. The number of hydrogen-bond donors (Lipinski definition) is 5. The van der Waals surface area contributed by atoms with Gasteiger partial charge in [0.1, 0.15) is 17.9 Å². The summed E-state index contributed by atoms with van der Waals surface area (Å²) in [5.74, 6) is -0.852. The van der Waals surface area contributed by atoms with Crippen molar-refractivity contribution in [2.45, 2.75) is 55.5 Å². The minimum atomic E-state index is -4.05. The molecule has 2 amide bonds. The molecule has 11 heteroatoms. The third-order valence-corrected chi connectivity index (χ3v) is 8.80. The van der Waals surface area contributed by atoms with E-state index >= 15 is 0 Å². The molecule has 0 saturated carbocycles. The molecule has 0 radical (unpaired) electrons. The number of benzene rings is 3. The first kappa shape index (κ1) is 30.2. The summed E-state index contributed by atoms with van der Waals surface area (Å²) in [4.78, 5) is 29.0. The first-order valence-corrected chi connectivity index (χ1v) is 15.4. The molecular weight excluding hydrogens is 540 g/mol. The van der Waals surface area contributed by atoms with Crippen LogP contribution < -0.4 is 21.5 Å². The van der Waals surface area contributed by atoms with Crippen molar-refractivity contribution in [3.05, 3.63) is 77.9 Å². The number of nitrogen functional groups attached to an aromatic ring is 1. The number of sulfonamides is 1. The van der Waals surface area contributed by atoms with Gasteiger partial charge in [-0.3, -0.25) is 15.0 Å². The Hall–Kier alpha value is -3.80. The number of amides is 2. The standard InChI is InChI=1S/C30H38N6O4S/c31-16-6-9-26(35-41(39,40)25-15-14-22-7-2-3-8-24(22)20-25)29(37)34-27(30(38)36-17-4-1-5-18-36)19-21-10-12-23(13-11-21)28(32)33/h2-3,7-8,10-15,20,26-27,35H,1,4-6,9,16-19,31H2,(H3,32,33)(H,34,37)/t26-,27+/m0/s1. The molecule has 1 heterocycles. The fourth-order valence-corrected chi connectivity index (χ4v) is 6.28. The van der Waals surface area contributed by atoms with Crippen LogP contribution in [0.3, 0.4) is 0 Å². The SMILES string of the molecule is N=C(N)c1ccc(C[C@@H](NC(=O)[C@H](CCCN)NS(=O)(=O)c2ccc3ccccc3c2)C(=O)N2CCCCC2)cc1. The van der Waals surface area contributed by atoms with Gasteiger partial charge in [-0.05, 0) is 67.1 Å². The van der Waals surface area contributed by atoms with E-state index in [9.17, 15) is 18.0 Å². The molecule has 7 N–H and O–H groups in total. The van der Waals surface area contributed by atoms with Crippen LogP contribution in [-0.4, -0.2) is 62.7 Å². The summed E-state index contributed by atoms with van der Waals surface area (Å²) >= 11 is 0. The Morgan fingerprint density at radius 1 is 0.927 bits per heavy atom. The first-order valence-electron chi connectivity index (χ1n) is 13.9. The Bertz CT molecular complexity index is 1490. The van der Waals surface area contributed by atoms with Gasteiger partial charge in [0.2, 0.25) is 21.8 Å². The minimum Gasteiger partial charge on any atom is -0.384 e. The highest BCUT2D eigenvalue weighted by Crippen LogP contribution is 2.20. The van der Waals surface area contributed by atoms with Gasteiger partial charge in [-0.2, -0.15) is 4.72 Å². The second kappa shape index (κ2) is 13.7. The summed E-state index contributed by atoms with van der Waals surface area (Å²) in [7, 11) is -4.05. The van der Waals surface area contributed by atoms with Crippen molar-refractivity contribution in [2.75, 3.05) is 19.6 Å². The largest absolute Gasteiger partial charge is 0.384 e. The van der Waals surface area contributed by atoms with E-state index in [1.807, 2.05) is 24.3 Å². The van der Waals surface area contributed by atoms with Crippen LogP contribution in [0, 0.1) is 5.41 Å². The van der Waals surface area contributed by atoms with Gasteiger partial charge in [-0.1, -0.05) is 54.6 Å². The fourth-order valence-electron chi connectivity index (χ4n) is 5.02. The van der Waals surface area contributed by atoms with Crippen LogP contribution in [0.2, 0.25) is 0 Å². The molecule has 0 bridgehead atoms. The summed E-state index contributed by atoms with van der Waals surface area (Å²) in [6, 6.07) is 17.2. The first-order chi connectivity index (χ1) is 19.7. The lowest BCUT2D eigenvalue weighted by Gasteiger charge is -2.31. The van der Waals surface area contributed by atoms with E-state index in [0.29, 0.717) is 25.1 Å². The van der Waals surface area contributed by atoms with Crippen molar-refractivity contribution >= 4 is 38.4 Å². The summed E-state index contributed by atoms with van der Waals surface area (Å²) in [5, 5.41) is 12.1. The van der Waals surface area contributed by atoms with Crippen LogP contribution in [0.15, 0.2) is 71.6 Å². The maximum atomic E-state index is 13.6. The zero-order valence-electron chi connectivity index (χ0n) is 23.0. The number of nitrogens with one attached hydrogen (secondary N) is 3.